The Morgan fingerprint density at radius 1 is 1.04 bits per heavy atom. The molecule has 2 saturated heterocycles. The van der Waals surface area contributed by atoms with Crippen LogP contribution in [-0.2, 0) is 19.6 Å². The van der Waals surface area contributed by atoms with Gasteiger partial charge in [0, 0.05) is 57.3 Å². The first-order valence-electron chi connectivity index (χ1n) is 9.11. The number of methoxy groups -OCH3 is 1. The van der Waals surface area contributed by atoms with Gasteiger partial charge >= 0.3 is 0 Å². The molecule has 3 rings (SSSR count). The lowest BCUT2D eigenvalue weighted by Crippen LogP contribution is -2.51. The molecule has 2 aliphatic heterocycles. The Balaban J connectivity index is 1.56. The number of sulfonamides is 1. The number of imide groups is 1. The highest BCUT2D eigenvalue weighted by molar-refractivity contribution is 7.89. The van der Waals surface area contributed by atoms with Gasteiger partial charge in [0.1, 0.15) is 5.75 Å². The number of ether oxygens (including phenoxy) is 1. The molecule has 0 unspecified atom stereocenters. The minimum atomic E-state index is -3.51. The average molecular weight is 395 g/mol. The minimum absolute atomic E-state index is 0.0594. The lowest BCUT2D eigenvalue weighted by molar-refractivity contribution is -0.147. The zero-order chi connectivity index (χ0) is 19.4. The predicted octanol–water partition coefficient (Wildman–Crippen LogP) is 0.686. The van der Waals surface area contributed by atoms with E-state index in [1.54, 1.807) is 7.11 Å². The van der Waals surface area contributed by atoms with Gasteiger partial charge in [-0.25, -0.2) is 8.42 Å². The summed E-state index contributed by atoms with van der Waals surface area (Å²) in [5.41, 5.74) is 0.996. The van der Waals surface area contributed by atoms with Crippen molar-refractivity contribution in [1.29, 1.82) is 0 Å². The highest BCUT2D eigenvalue weighted by Crippen LogP contribution is 2.23. The van der Waals surface area contributed by atoms with Crippen LogP contribution in [0.3, 0.4) is 0 Å². The summed E-state index contributed by atoms with van der Waals surface area (Å²) in [5.74, 6) is -0.00379. The number of nitrogens with zero attached hydrogens (tertiary/aromatic N) is 3. The highest BCUT2D eigenvalue weighted by Gasteiger charge is 2.31. The SMILES string of the molecule is COc1cccc(N2CCN(S(=O)(=O)CCN3C(=O)CCCC3=O)CC2)c1. The summed E-state index contributed by atoms with van der Waals surface area (Å²) < 4.78 is 31.9. The van der Waals surface area contributed by atoms with Crippen LogP contribution >= 0.6 is 0 Å². The molecule has 0 spiro atoms. The first-order chi connectivity index (χ1) is 12.9. The van der Waals surface area contributed by atoms with E-state index in [1.165, 1.54) is 4.31 Å². The van der Waals surface area contributed by atoms with Crippen LogP contribution in [0, 0.1) is 0 Å². The summed E-state index contributed by atoms with van der Waals surface area (Å²) >= 11 is 0. The molecule has 0 atom stereocenters. The van der Waals surface area contributed by atoms with Crippen LogP contribution in [0.1, 0.15) is 19.3 Å². The summed E-state index contributed by atoms with van der Waals surface area (Å²) in [5, 5.41) is 0. The van der Waals surface area contributed by atoms with E-state index in [9.17, 15) is 18.0 Å². The van der Waals surface area contributed by atoms with Gasteiger partial charge in [-0.3, -0.25) is 14.5 Å². The minimum Gasteiger partial charge on any atom is -0.497 e. The summed E-state index contributed by atoms with van der Waals surface area (Å²) in [4.78, 5) is 26.9. The van der Waals surface area contributed by atoms with Gasteiger partial charge in [-0.1, -0.05) is 6.07 Å². The van der Waals surface area contributed by atoms with Gasteiger partial charge in [0.05, 0.1) is 12.9 Å². The predicted molar refractivity (Wildman–Crippen MR) is 101 cm³/mol. The Morgan fingerprint density at radius 3 is 2.33 bits per heavy atom. The van der Waals surface area contributed by atoms with Gasteiger partial charge in [-0.2, -0.15) is 4.31 Å². The standard InChI is InChI=1S/C18H25N3O5S/c1-26-16-5-2-4-15(14-16)19-8-10-20(11-9-19)27(24,25)13-12-21-17(22)6-3-7-18(21)23/h2,4-5,14H,3,6-13H2,1H3. The molecule has 0 N–H and O–H groups in total. The molecule has 0 saturated carbocycles. The number of amides is 2. The maximum Gasteiger partial charge on any atom is 0.229 e. The number of benzene rings is 1. The Kier molecular flexibility index (Phi) is 6.01. The van der Waals surface area contributed by atoms with Gasteiger partial charge < -0.3 is 9.64 Å². The number of piperidine rings is 1. The second-order valence-corrected chi connectivity index (χ2v) is 8.78. The van der Waals surface area contributed by atoms with E-state index in [2.05, 4.69) is 4.90 Å². The third kappa shape index (κ3) is 4.59. The van der Waals surface area contributed by atoms with Crippen LogP contribution in [0.2, 0.25) is 0 Å². The summed E-state index contributed by atoms with van der Waals surface area (Å²) in [7, 11) is -1.90. The lowest BCUT2D eigenvalue weighted by Gasteiger charge is -2.36. The molecule has 148 valence electrons. The zero-order valence-corrected chi connectivity index (χ0v) is 16.3. The number of anilines is 1. The maximum absolute atomic E-state index is 12.6. The molecule has 9 heteroatoms. The molecule has 2 aliphatic rings. The normalized spacial score (nSPS) is 19.4. The summed E-state index contributed by atoms with van der Waals surface area (Å²) in [6.45, 7) is 1.85. The van der Waals surface area contributed by atoms with E-state index in [0.29, 0.717) is 45.4 Å². The molecule has 1 aromatic rings. The topological polar surface area (TPSA) is 87.2 Å². The number of hydrogen-bond acceptors (Lipinski definition) is 6. The molecule has 2 amide bonds. The van der Waals surface area contributed by atoms with Crippen molar-refractivity contribution in [1.82, 2.24) is 9.21 Å². The molecule has 0 bridgehead atoms. The lowest BCUT2D eigenvalue weighted by atomic mass is 10.1. The number of carbonyl (C=O) groups excluding carboxylic acids is 2. The molecule has 0 radical (unpaired) electrons. The van der Waals surface area contributed by atoms with Gasteiger partial charge in [0.15, 0.2) is 0 Å². The number of rotatable bonds is 6. The van der Waals surface area contributed by atoms with Crippen molar-refractivity contribution in [3.05, 3.63) is 24.3 Å². The fourth-order valence-corrected chi connectivity index (χ4v) is 4.81. The zero-order valence-electron chi connectivity index (χ0n) is 15.5. The van der Waals surface area contributed by atoms with E-state index in [1.807, 2.05) is 24.3 Å². The fraction of sp³-hybridized carbons (Fsp3) is 0.556. The molecule has 0 aliphatic carbocycles. The van der Waals surface area contributed by atoms with Crippen LogP contribution in [0.5, 0.6) is 5.75 Å². The van der Waals surface area contributed by atoms with Crippen molar-refractivity contribution in [3.63, 3.8) is 0 Å². The van der Waals surface area contributed by atoms with E-state index < -0.39 is 10.0 Å². The van der Waals surface area contributed by atoms with Crippen molar-refractivity contribution in [2.45, 2.75) is 19.3 Å². The molecule has 0 aromatic heterocycles. The van der Waals surface area contributed by atoms with Crippen molar-refractivity contribution in [2.75, 3.05) is 50.5 Å². The molecular formula is C18H25N3O5S. The maximum atomic E-state index is 12.6. The first-order valence-corrected chi connectivity index (χ1v) is 10.7. The van der Waals surface area contributed by atoms with Crippen LogP contribution in [0.25, 0.3) is 0 Å². The number of likely N-dealkylation sites (tertiary alicyclic amines) is 1. The van der Waals surface area contributed by atoms with E-state index in [-0.39, 0.29) is 24.1 Å². The van der Waals surface area contributed by atoms with Crippen molar-refractivity contribution in [3.8, 4) is 5.75 Å². The highest BCUT2D eigenvalue weighted by atomic mass is 32.2. The van der Waals surface area contributed by atoms with E-state index in [0.717, 1.165) is 16.3 Å². The van der Waals surface area contributed by atoms with Crippen molar-refractivity contribution in [2.24, 2.45) is 0 Å². The third-order valence-corrected chi connectivity index (χ3v) is 6.86. The number of hydrogen-bond donors (Lipinski definition) is 0. The van der Waals surface area contributed by atoms with Crippen LogP contribution < -0.4 is 9.64 Å². The van der Waals surface area contributed by atoms with Crippen molar-refractivity contribution < 1.29 is 22.7 Å². The molecule has 27 heavy (non-hydrogen) atoms. The van der Waals surface area contributed by atoms with Gasteiger partial charge in [0.2, 0.25) is 21.8 Å². The Hall–Kier alpha value is -2.13. The second-order valence-electron chi connectivity index (χ2n) is 6.70. The fourth-order valence-electron chi connectivity index (χ4n) is 3.42. The van der Waals surface area contributed by atoms with Crippen LogP contribution in [0.15, 0.2) is 24.3 Å². The second kappa shape index (κ2) is 8.26. The van der Waals surface area contributed by atoms with E-state index >= 15 is 0 Å². The van der Waals surface area contributed by atoms with Gasteiger partial charge in [-0.05, 0) is 18.6 Å². The Morgan fingerprint density at radius 2 is 1.70 bits per heavy atom. The number of piperazine rings is 1. The molecule has 1 aromatic carbocycles. The van der Waals surface area contributed by atoms with Crippen molar-refractivity contribution >= 4 is 27.5 Å². The smallest absolute Gasteiger partial charge is 0.229 e. The van der Waals surface area contributed by atoms with Gasteiger partial charge in [0.25, 0.3) is 0 Å². The quantitative estimate of drug-likeness (QED) is 0.659. The average Bonchev–Trinajstić information content (AvgIpc) is 2.68. The monoisotopic (exact) mass is 395 g/mol. The van der Waals surface area contributed by atoms with E-state index in [4.69, 9.17) is 4.74 Å². The Bertz CT molecular complexity index is 787. The molecule has 8 nitrogen and oxygen atoms in total. The van der Waals surface area contributed by atoms with Crippen LogP contribution in [0.4, 0.5) is 5.69 Å². The third-order valence-electron chi connectivity index (χ3n) is 5.01. The molecule has 2 fully saturated rings. The molecular weight excluding hydrogens is 370 g/mol. The first kappa shape index (κ1) is 19.6. The largest absolute Gasteiger partial charge is 0.497 e. The summed E-state index contributed by atoms with van der Waals surface area (Å²) in [6.07, 6.45) is 1.17. The summed E-state index contributed by atoms with van der Waals surface area (Å²) in [6, 6.07) is 7.68. The van der Waals surface area contributed by atoms with Gasteiger partial charge in [-0.15, -0.1) is 0 Å². The number of carbonyl (C=O) groups is 2. The van der Waals surface area contributed by atoms with Crippen LogP contribution in [-0.4, -0.2) is 75.0 Å². The molecule has 2 heterocycles. The Labute approximate surface area is 159 Å².